The topological polar surface area (TPSA) is 63.9 Å². The molecule has 138 valence electrons. The van der Waals surface area contributed by atoms with Crippen LogP contribution in [0, 0.1) is 0 Å². The third-order valence-corrected chi connectivity index (χ3v) is 5.37. The zero-order valence-electron chi connectivity index (χ0n) is 14.8. The van der Waals surface area contributed by atoms with Crippen LogP contribution in [0.15, 0.2) is 59.5 Å². The summed E-state index contributed by atoms with van der Waals surface area (Å²) in [6.07, 6.45) is 7.44. The molecule has 1 aliphatic rings. The van der Waals surface area contributed by atoms with Crippen LogP contribution in [0.3, 0.4) is 0 Å². The fraction of sp³-hybridized carbons (Fsp3) is 0.300. The van der Waals surface area contributed by atoms with E-state index < -0.39 is 0 Å². The van der Waals surface area contributed by atoms with E-state index in [1.807, 2.05) is 35.2 Å². The Kier molecular flexibility index (Phi) is 5.29. The summed E-state index contributed by atoms with van der Waals surface area (Å²) in [6.45, 7) is 0.755. The van der Waals surface area contributed by atoms with Crippen molar-refractivity contribution in [2.45, 2.75) is 31.7 Å². The first kappa shape index (κ1) is 17.9. The van der Waals surface area contributed by atoms with E-state index in [1.54, 1.807) is 12.4 Å². The predicted octanol–water partition coefficient (Wildman–Crippen LogP) is 4.17. The van der Waals surface area contributed by atoms with Gasteiger partial charge in [0.1, 0.15) is 10.3 Å². The minimum Gasteiger partial charge on any atom is -0.320 e. The highest BCUT2D eigenvalue weighted by Gasteiger charge is 2.28. The minimum absolute atomic E-state index is 0.112. The van der Waals surface area contributed by atoms with Crippen molar-refractivity contribution in [3.8, 4) is 11.3 Å². The average Bonchev–Trinajstić information content (AvgIpc) is 3.19. The summed E-state index contributed by atoms with van der Waals surface area (Å²) in [4.78, 5) is 19.2. The number of hydrogen-bond acceptors (Lipinski definition) is 4. The second-order valence-electron chi connectivity index (χ2n) is 6.73. The molecule has 0 saturated carbocycles. The Balaban J connectivity index is 1.52. The van der Waals surface area contributed by atoms with E-state index in [0.717, 1.165) is 42.4 Å². The number of carbonyl (C=O) groups excluding carboxylic acids is 1. The molecule has 1 atom stereocenters. The number of carbonyl (C=O) groups is 1. The molecule has 2 aromatic heterocycles. The molecule has 1 unspecified atom stereocenters. The molecule has 7 heteroatoms. The van der Waals surface area contributed by atoms with E-state index in [2.05, 4.69) is 43.4 Å². The Morgan fingerprint density at radius 1 is 1.15 bits per heavy atom. The van der Waals surface area contributed by atoms with Crippen LogP contribution in [-0.2, 0) is 6.42 Å². The maximum atomic E-state index is 13.1. The van der Waals surface area contributed by atoms with Gasteiger partial charge in [-0.2, -0.15) is 4.68 Å². The lowest BCUT2D eigenvalue weighted by Gasteiger charge is -2.35. The van der Waals surface area contributed by atoms with Crippen molar-refractivity contribution in [1.82, 2.24) is 24.9 Å². The number of amides is 1. The Hall–Kier alpha value is -2.54. The summed E-state index contributed by atoms with van der Waals surface area (Å²) >= 11 is 3.32. The van der Waals surface area contributed by atoms with E-state index in [-0.39, 0.29) is 12.1 Å². The molecule has 1 aliphatic heterocycles. The van der Waals surface area contributed by atoms with Gasteiger partial charge in [-0.3, -0.25) is 0 Å². The highest BCUT2D eigenvalue weighted by Crippen LogP contribution is 2.23. The van der Waals surface area contributed by atoms with Crippen molar-refractivity contribution in [2.75, 3.05) is 6.54 Å². The van der Waals surface area contributed by atoms with Gasteiger partial charge in [-0.25, -0.2) is 9.78 Å². The zero-order valence-corrected chi connectivity index (χ0v) is 16.4. The van der Waals surface area contributed by atoms with Gasteiger partial charge < -0.3 is 4.90 Å². The van der Waals surface area contributed by atoms with Gasteiger partial charge in [0.15, 0.2) is 0 Å². The molecule has 0 radical (unpaired) electrons. The molecule has 0 spiro atoms. The van der Waals surface area contributed by atoms with Crippen molar-refractivity contribution in [1.29, 1.82) is 0 Å². The van der Waals surface area contributed by atoms with Gasteiger partial charge in [-0.1, -0.05) is 35.5 Å². The Morgan fingerprint density at radius 2 is 2.00 bits per heavy atom. The molecular weight excluding hydrogens is 406 g/mol. The molecule has 4 rings (SSSR count). The Morgan fingerprint density at radius 3 is 2.78 bits per heavy atom. The number of hydrogen-bond donors (Lipinski definition) is 0. The first-order valence-electron chi connectivity index (χ1n) is 9.10. The van der Waals surface area contributed by atoms with Gasteiger partial charge in [-0.15, -0.1) is 5.10 Å². The first-order chi connectivity index (χ1) is 13.2. The summed E-state index contributed by atoms with van der Waals surface area (Å²) in [6, 6.07) is 14.2. The number of benzene rings is 1. The van der Waals surface area contributed by atoms with Crippen LogP contribution in [0.4, 0.5) is 4.79 Å². The van der Waals surface area contributed by atoms with Crippen LogP contribution in [0.25, 0.3) is 11.3 Å². The molecule has 0 bridgehead atoms. The number of pyridine rings is 1. The second-order valence-corrected chi connectivity index (χ2v) is 7.55. The number of nitrogens with zero attached hydrogens (tertiary/aromatic N) is 5. The van der Waals surface area contributed by atoms with Crippen LogP contribution in [0.1, 0.15) is 24.8 Å². The van der Waals surface area contributed by atoms with Gasteiger partial charge in [0.25, 0.3) is 0 Å². The smallest absolute Gasteiger partial charge is 0.320 e. The van der Waals surface area contributed by atoms with Crippen molar-refractivity contribution in [3.63, 3.8) is 0 Å². The highest BCUT2D eigenvalue weighted by molar-refractivity contribution is 9.10. The third kappa shape index (κ3) is 4.08. The summed E-state index contributed by atoms with van der Waals surface area (Å²) < 4.78 is 2.10. The number of rotatable bonds is 3. The van der Waals surface area contributed by atoms with Crippen LogP contribution < -0.4 is 0 Å². The molecule has 27 heavy (non-hydrogen) atoms. The molecule has 3 aromatic rings. The SMILES string of the molecule is O=C(N1CCCCC1Cc1ccccc1)n1cc(-c2ccc(Br)nc2)nn1. The fourth-order valence-corrected chi connectivity index (χ4v) is 3.73. The van der Waals surface area contributed by atoms with Crippen LogP contribution in [0.5, 0.6) is 0 Å². The molecule has 6 nitrogen and oxygen atoms in total. The van der Waals surface area contributed by atoms with Crippen LogP contribution in [0.2, 0.25) is 0 Å². The van der Waals surface area contributed by atoms with E-state index in [4.69, 9.17) is 0 Å². The molecule has 1 aromatic carbocycles. The number of piperidine rings is 1. The van der Waals surface area contributed by atoms with E-state index in [9.17, 15) is 4.79 Å². The third-order valence-electron chi connectivity index (χ3n) is 4.90. The lowest BCUT2D eigenvalue weighted by molar-refractivity contribution is 0.149. The maximum Gasteiger partial charge on any atom is 0.346 e. The molecule has 1 amide bonds. The van der Waals surface area contributed by atoms with Crippen molar-refractivity contribution < 1.29 is 4.79 Å². The molecule has 1 fully saturated rings. The lowest BCUT2D eigenvalue weighted by atomic mass is 9.96. The monoisotopic (exact) mass is 425 g/mol. The van der Waals surface area contributed by atoms with E-state index in [0.29, 0.717) is 5.69 Å². The minimum atomic E-state index is -0.112. The normalized spacial score (nSPS) is 17.1. The summed E-state index contributed by atoms with van der Waals surface area (Å²) in [5, 5.41) is 8.22. The van der Waals surface area contributed by atoms with Gasteiger partial charge in [0.05, 0.1) is 6.20 Å². The summed E-state index contributed by atoms with van der Waals surface area (Å²) in [5.74, 6) is 0. The molecule has 3 heterocycles. The fourth-order valence-electron chi connectivity index (χ4n) is 3.50. The van der Waals surface area contributed by atoms with Gasteiger partial charge in [0, 0.05) is 24.3 Å². The predicted molar refractivity (Wildman–Crippen MR) is 106 cm³/mol. The largest absolute Gasteiger partial charge is 0.346 e. The van der Waals surface area contributed by atoms with Gasteiger partial charge >= 0.3 is 6.03 Å². The second kappa shape index (κ2) is 8.00. The first-order valence-corrected chi connectivity index (χ1v) is 9.89. The lowest BCUT2D eigenvalue weighted by Crippen LogP contribution is -2.46. The summed E-state index contributed by atoms with van der Waals surface area (Å²) in [5.41, 5.74) is 2.72. The van der Waals surface area contributed by atoms with Crippen LogP contribution >= 0.6 is 15.9 Å². The zero-order chi connectivity index (χ0) is 18.6. The van der Waals surface area contributed by atoms with Gasteiger partial charge in [-0.05, 0) is 59.3 Å². The Bertz CT molecular complexity index is 910. The van der Waals surface area contributed by atoms with Crippen LogP contribution in [-0.4, -0.2) is 43.5 Å². The van der Waals surface area contributed by atoms with E-state index >= 15 is 0 Å². The number of halogens is 1. The number of aromatic nitrogens is 4. The molecular formula is C20H20BrN5O. The highest BCUT2D eigenvalue weighted by atomic mass is 79.9. The maximum absolute atomic E-state index is 13.1. The summed E-state index contributed by atoms with van der Waals surface area (Å²) in [7, 11) is 0. The molecule has 0 aliphatic carbocycles. The number of likely N-dealkylation sites (tertiary alicyclic amines) is 1. The quantitative estimate of drug-likeness (QED) is 0.590. The molecule has 1 saturated heterocycles. The van der Waals surface area contributed by atoms with Crippen molar-refractivity contribution in [3.05, 3.63) is 65.0 Å². The van der Waals surface area contributed by atoms with Crippen molar-refractivity contribution in [2.24, 2.45) is 0 Å². The van der Waals surface area contributed by atoms with E-state index in [1.165, 1.54) is 10.2 Å². The standard InChI is InChI=1S/C20H20BrN5O/c21-19-10-9-16(13-22-19)18-14-26(24-23-18)20(27)25-11-5-4-8-17(25)12-15-6-2-1-3-7-15/h1-3,6-7,9-10,13-14,17H,4-5,8,11-12H2. The molecule has 0 N–H and O–H groups in total. The Labute approximate surface area is 166 Å². The van der Waals surface area contributed by atoms with Crippen molar-refractivity contribution >= 4 is 22.0 Å². The average molecular weight is 426 g/mol. The van der Waals surface area contributed by atoms with Gasteiger partial charge in [0.2, 0.25) is 0 Å².